The highest BCUT2D eigenvalue weighted by atomic mass is 79.9. The summed E-state index contributed by atoms with van der Waals surface area (Å²) < 4.78 is -0.426. The monoisotopic (exact) mass is 247 g/mol. The third-order valence-electron chi connectivity index (χ3n) is 2.74. The van der Waals surface area contributed by atoms with Crippen molar-refractivity contribution in [1.82, 2.24) is 4.90 Å². The van der Waals surface area contributed by atoms with Crippen molar-refractivity contribution in [3.05, 3.63) is 0 Å². The van der Waals surface area contributed by atoms with Crippen LogP contribution in [0.1, 0.15) is 33.6 Å². The molecule has 0 aromatic carbocycles. The van der Waals surface area contributed by atoms with Crippen molar-refractivity contribution in [2.75, 3.05) is 7.05 Å². The molecule has 0 saturated heterocycles. The molecule has 2 nitrogen and oxygen atoms in total. The SMILES string of the molecule is CC(C1CC1)N(C)C(=O)C(C)(C)Br. The lowest BCUT2D eigenvalue weighted by molar-refractivity contribution is -0.133. The molecule has 76 valence electrons. The normalized spacial score (nSPS) is 19.8. The fourth-order valence-corrected chi connectivity index (χ4v) is 1.78. The summed E-state index contributed by atoms with van der Waals surface area (Å²) in [7, 11) is 1.90. The average Bonchev–Trinajstić information content (AvgIpc) is 2.81. The Labute approximate surface area is 88.8 Å². The van der Waals surface area contributed by atoms with Crippen molar-refractivity contribution < 1.29 is 4.79 Å². The molecule has 1 atom stereocenters. The van der Waals surface area contributed by atoms with E-state index in [2.05, 4.69) is 22.9 Å². The molecule has 1 aliphatic carbocycles. The molecule has 1 saturated carbocycles. The van der Waals surface area contributed by atoms with E-state index in [1.165, 1.54) is 12.8 Å². The van der Waals surface area contributed by atoms with Gasteiger partial charge < -0.3 is 4.90 Å². The topological polar surface area (TPSA) is 20.3 Å². The number of hydrogen-bond donors (Lipinski definition) is 0. The minimum atomic E-state index is -0.426. The van der Waals surface area contributed by atoms with E-state index in [-0.39, 0.29) is 5.91 Å². The van der Waals surface area contributed by atoms with E-state index < -0.39 is 4.32 Å². The number of alkyl halides is 1. The zero-order chi connectivity index (χ0) is 10.2. The van der Waals surface area contributed by atoms with E-state index in [4.69, 9.17) is 0 Å². The fraction of sp³-hybridized carbons (Fsp3) is 0.900. The summed E-state index contributed by atoms with van der Waals surface area (Å²) in [6.07, 6.45) is 2.56. The summed E-state index contributed by atoms with van der Waals surface area (Å²) >= 11 is 3.39. The molecule has 3 heteroatoms. The number of halogens is 1. The quantitative estimate of drug-likeness (QED) is 0.702. The first-order valence-corrected chi connectivity index (χ1v) is 5.59. The highest BCUT2D eigenvalue weighted by Crippen LogP contribution is 2.35. The van der Waals surface area contributed by atoms with Gasteiger partial charge in [0.1, 0.15) is 0 Å². The van der Waals surface area contributed by atoms with Gasteiger partial charge in [0.25, 0.3) is 0 Å². The predicted octanol–water partition coefficient (Wildman–Crippen LogP) is 2.42. The lowest BCUT2D eigenvalue weighted by Crippen LogP contribution is -2.44. The molecule has 1 amide bonds. The van der Waals surface area contributed by atoms with E-state index in [9.17, 15) is 4.79 Å². The van der Waals surface area contributed by atoms with Gasteiger partial charge in [0, 0.05) is 13.1 Å². The van der Waals surface area contributed by atoms with Crippen LogP contribution in [0, 0.1) is 5.92 Å². The Kier molecular flexibility index (Phi) is 3.05. The number of carbonyl (C=O) groups excluding carboxylic acids is 1. The van der Waals surface area contributed by atoms with E-state index in [0.29, 0.717) is 6.04 Å². The molecule has 0 aromatic heterocycles. The maximum absolute atomic E-state index is 11.8. The second kappa shape index (κ2) is 3.60. The molecule has 13 heavy (non-hydrogen) atoms. The molecule has 0 radical (unpaired) electrons. The van der Waals surface area contributed by atoms with Gasteiger partial charge in [-0.3, -0.25) is 4.79 Å². The van der Waals surface area contributed by atoms with Crippen LogP contribution >= 0.6 is 15.9 Å². The van der Waals surface area contributed by atoms with Gasteiger partial charge >= 0.3 is 0 Å². The van der Waals surface area contributed by atoms with Crippen LogP contribution in [0.5, 0.6) is 0 Å². The Bertz CT molecular complexity index is 205. The van der Waals surface area contributed by atoms with E-state index in [1.54, 1.807) is 0 Å². The van der Waals surface area contributed by atoms with Crippen LogP contribution in [0.3, 0.4) is 0 Å². The Balaban J connectivity index is 2.55. The average molecular weight is 248 g/mol. The minimum Gasteiger partial charge on any atom is -0.342 e. The molecule has 0 N–H and O–H groups in total. The molecule has 0 bridgehead atoms. The van der Waals surface area contributed by atoms with Gasteiger partial charge in [0.2, 0.25) is 5.91 Å². The van der Waals surface area contributed by atoms with Crippen LogP contribution in [0.4, 0.5) is 0 Å². The maximum Gasteiger partial charge on any atom is 0.238 e. The van der Waals surface area contributed by atoms with E-state index in [1.807, 2.05) is 25.8 Å². The van der Waals surface area contributed by atoms with Crippen LogP contribution in [0.25, 0.3) is 0 Å². The number of hydrogen-bond acceptors (Lipinski definition) is 1. The summed E-state index contributed by atoms with van der Waals surface area (Å²) in [5, 5.41) is 0. The second-order valence-corrected chi connectivity index (χ2v) is 6.45. The first kappa shape index (κ1) is 11.0. The van der Waals surface area contributed by atoms with Crippen LogP contribution in [0.15, 0.2) is 0 Å². The summed E-state index contributed by atoms with van der Waals surface area (Å²) in [5.41, 5.74) is 0. The molecular weight excluding hydrogens is 230 g/mol. The Morgan fingerprint density at radius 2 is 2.00 bits per heavy atom. The molecule has 1 rings (SSSR count). The van der Waals surface area contributed by atoms with E-state index in [0.717, 1.165) is 5.92 Å². The van der Waals surface area contributed by atoms with Crippen LogP contribution in [0.2, 0.25) is 0 Å². The van der Waals surface area contributed by atoms with Gasteiger partial charge in [0.15, 0.2) is 0 Å². The summed E-state index contributed by atoms with van der Waals surface area (Å²) in [6.45, 7) is 5.92. The number of rotatable bonds is 3. The third-order valence-corrected chi connectivity index (χ3v) is 3.08. The second-order valence-electron chi connectivity index (χ2n) is 4.47. The Hall–Kier alpha value is -0.0500. The van der Waals surface area contributed by atoms with Crippen LogP contribution < -0.4 is 0 Å². The number of amides is 1. The molecule has 0 aliphatic heterocycles. The molecule has 1 unspecified atom stereocenters. The summed E-state index contributed by atoms with van der Waals surface area (Å²) in [6, 6.07) is 0.393. The fourth-order valence-electron chi connectivity index (χ4n) is 1.50. The predicted molar refractivity (Wildman–Crippen MR) is 58.0 cm³/mol. The molecular formula is C10H18BrNO. The van der Waals surface area contributed by atoms with Gasteiger partial charge in [-0.2, -0.15) is 0 Å². The largest absolute Gasteiger partial charge is 0.342 e. The van der Waals surface area contributed by atoms with Gasteiger partial charge in [-0.15, -0.1) is 0 Å². The van der Waals surface area contributed by atoms with Crippen molar-refractivity contribution in [1.29, 1.82) is 0 Å². The minimum absolute atomic E-state index is 0.173. The molecule has 1 aliphatic rings. The summed E-state index contributed by atoms with van der Waals surface area (Å²) in [5.74, 6) is 0.913. The van der Waals surface area contributed by atoms with Crippen LogP contribution in [-0.4, -0.2) is 28.2 Å². The first-order valence-electron chi connectivity index (χ1n) is 4.80. The van der Waals surface area contributed by atoms with Gasteiger partial charge in [0.05, 0.1) is 4.32 Å². The molecule has 0 spiro atoms. The van der Waals surface area contributed by atoms with E-state index >= 15 is 0 Å². The first-order chi connectivity index (χ1) is 5.84. The van der Waals surface area contributed by atoms with Crippen molar-refractivity contribution in [3.63, 3.8) is 0 Å². The maximum atomic E-state index is 11.8. The van der Waals surface area contributed by atoms with Crippen LogP contribution in [-0.2, 0) is 4.79 Å². The lowest BCUT2D eigenvalue weighted by atomic mass is 10.1. The smallest absolute Gasteiger partial charge is 0.238 e. The summed E-state index contributed by atoms with van der Waals surface area (Å²) in [4.78, 5) is 13.7. The number of carbonyl (C=O) groups is 1. The van der Waals surface area contributed by atoms with Gasteiger partial charge in [-0.1, -0.05) is 15.9 Å². The van der Waals surface area contributed by atoms with Crippen molar-refractivity contribution >= 4 is 21.8 Å². The van der Waals surface area contributed by atoms with Gasteiger partial charge in [-0.05, 0) is 39.5 Å². The molecule has 0 aromatic rings. The highest BCUT2D eigenvalue weighted by molar-refractivity contribution is 9.10. The van der Waals surface area contributed by atoms with Gasteiger partial charge in [-0.25, -0.2) is 0 Å². The number of nitrogens with zero attached hydrogens (tertiary/aromatic N) is 1. The molecule has 1 fully saturated rings. The Morgan fingerprint density at radius 1 is 1.54 bits per heavy atom. The lowest BCUT2D eigenvalue weighted by Gasteiger charge is -2.30. The third kappa shape index (κ3) is 2.70. The van der Waals surface area contributed by atoms with Crippen molar-refractivity contribution in [3.8, 4) is 0 Å². The van der Waals surface area contributed by atoms with Crippen molar-refractivity contribution in [2.45, 2.75) is 44.0 Å². The highest BCUT2D eigenvalue weighted by Gasteiger charge is 2.36. The zero-order valence-corrected chi connectivity index (χ0v) is 10.4. The zero-order valence-electron chi connectivity index (χ0n) is 8.80. The Morgan fingerprint density at radius 3 is 2.31 bits per heavy atom. The molecule has 0 heterocycles. The van der Waals surface area contributed by atoms with Crippen molar-refractivity contribution in [2.24, 2.45) is 5.92 Å². The standard InChI is InChI=1S/C10H18BrNO/c1-7(8-5-6-8)12(4)9(13)10(2,3)11/h7-8H,5-6H2,1-4H3.